The number of rotatable bonds is 1. The molecule has 7 aromatic rings. The Kier molecular flexibility index (Phi) is 3.66. The van der Waals surface area contributed by atoms with Crippen molar-refractivity contribution in [3.05, 3.63) is 115 Å². The minimum atomic E-state index is -3.13. The van der Waals surface area contributed by atoms with E-state index in [2.05, 4.69) is 59.0 Å². The van der Waals surface area contributed by atoms with Crippen molar-refractivity contribution in [3.8, 4) is 11.1 Å². The van der Waals surface area contributed by atoms with Gasteiger partial charge in [0.25, 0.3) is 0 Å². The van der Waals surface area contributed by atoms with Gasteiger partial charge in [0.1, 0.15) is 5.65 Å². The van der Waals surface area contributed by atoms with Crippen LogP contribution in [0, 0.1) is 0 Å². The van der Waals surface area contributed by atoms with Crippen LogP contribution in [0.2, 0.25) is 0 Å². The van der Waals surface area contributed by atoms with Crippen molar-refractivity contribution < 1.29 is 4.57 Å². The molecule has 0 spiro atoms. The van der Waals surface area contributed by atoms with E-state index in [1.165, 1.54) is 0 Å². The molecule has 4 heteroatoms. The van der Waals surface area contributed by atoms with E-state index in [1.54, 1.807) is 0 Å². The summed E-state index contributed by atoms with van der Waals surface area (Å²) in [6.45, 7) is 0. The zero-order valence-corrected chi connectivity index (χ0v) is 19.6. The topological polar surface area (TPSA) is 34.4 Å². The number of pyridine rings is 1. The maximum Gasteiger partial charge on any atom is 0.172 e. The molecule has 0 unspecified atom stereocenters. The second-order valence-corrected chi connectivity index (χ2v) is 11.8. The van der Waals surface area contributed by atoms with Crippen LogP contribution < -0.4 is 15.9 Å². The Labute approximate surface area is 201 Å². The predicted octanol–water partition coefficient (Wildman–Crippen LogP) is 6.41. The first-order valence-corrected chi connectivity index (χ1v) is 13.5. The molecule has 0 N–H and O–H groups in total. The molecule has 0 bridgehead atoms. The highest BCUT2D eigenvalue weighted by Crippen LogP contribution is 2.53. The van der Waals surface area contributed by atoms with E-state index in [4.69, 9.17) is 4.98 Å². The average Bonchev–Trinajstić information content (AvgIpc) is 3.44. The molecule has 0 atom stereocenters. The summed E-state index contributed by atoms with van der Waals surface area (Å²) in [5.74, 6) is 0. The summed E-state index contributed by atoms with van der Waals surface area (Å²) >= 11 is 0. The molecule has 2 aromatic heterocycles. The van der Waals surface area contributed by atoms with Crippen molar-refractivity contribution in [3.63, 3.8) is 0 Å². The van der Waals surface area contributed by atoms with Crippen molar-refractivity contribution in [1.82, 2.24) is 9.38 Å². The van der Waals surface area contributed by atoms with Crippen molar-refractivity contribution >= 4 is 61.4 Å². The molecule has 3 heterocycles. The van der Waals surface area contributed by atoms with Gasteiger partial charge in [-0.2, -0.15) is 0 Å². The van der Waals surface area contributed by atoms with Crippen LogP contribution in [0.15, 0.2) is 115 Å². The average molecular weight is 466 g/mol. The molecule has 3 nitrogen and oxygen atoms in total. The lowest BCUT2D eigenvalue weighted by atomic mass is 10.1. The van der Waals surface area contributed by atoms with Crippen molar-refractivity contribution in [2.24, 2.45) is 0 Å². The van der Waals surface area contributed by atoms with Gasteiger partial charge in [-0.3, -0.25) is 4.40 Å². The number of benzene rings is 5. The Bertz CT molecular complexity index is 2000. The smallest absolute Gasteiger partial charge is 0.172 e. The van der Waals surface area contributed by atoms with Gasteiger partial charge in [-0.1, -0.05) is 97.1 Å². The molecule has 5 aromatic carbocycles. The van der Waals surface area contributed by atoms with E-state index in [0.717, 1.165) is 65.4 Å². The van der Waals surface area contributed by atoms with Crippen LogP contribution in [0.4, 0.5) is 0 Å². The van der Waals surface area contributed by atoms with Crippen LogP contribution in [0.1, 0.15) is 0 Å². The van der Waals surface area contributed by atoms with E-state index in [-0.39, 0.29) is 0 Å². The van der Waals surface area contributed by atoms with E-state index in [9.17, 15) is 0 Å². The first kappa shape index (κ1) is 19.1. The zero-order chi connectivity index (χ0) is 23.1. The van der Waals surface area contributed by atoms with E-state index in [0.29, 0.717) is 0 Å². The number of hydrogen-bond donors (Lipinski definition) is 0. The number of para-hydroxylation sites is 3. The lowest BCUT2D eigenvalue weighted by Gasteiger charge is -2.19. The molecule has 164 valence electrons. The Morgan fingerprint density at radius 1 is 0.543 bits per heavy atom. The molecular weight excluding hydrogens is 447 g/mol. The first-order valence-electron chi connectivity index (χ1n) is 11.8. The van der Waals surface area contributed by atoms with Gasteiger partial charge < -0.3 is 4.57 Å². The van der Waals surface area contributed by atoms with Gasteiger partial charge in [-0.05, 0) is 34.7 Å². The SMILES string of the molecule is O=P1(c2cccc3c4ccccc4n4c5ccccc5nc4c23)c2ccccc2-c2ccccc21. The number of fused-ring (bicyclic) bond motifs is 11. The number of hydrogen-bond acceptors (Lipinski definition) is 2. The summed E-state index contributed by atoms with van der Waals surface area (Å²) in [5, 5.41) is 5.87. The van der Waals surface area contributed by atoms with E-state index in [1.807, 2.05) is 60.7 Å². The minimum absolute atomic E-state index is 0.854. The molecule has 8 rings (SSSR count). The summed E-state index contributed by atoms with van der Waals surface area (Å²) in [4.78, 5) is 5.11. The number of imidazole rings is 1. The van der Waals surface area contributed by atoms with Crippen LogP contribution in [0.5, 0.6) is 0 Å². The third kappa shape index (κ3) is 2.31. The lowest BCUT2D eigenvalue weighted by Crippen LogP contribution is -2.22. The highest BCUT2D eigenvalue weighted by molar-refractivity contribution is 7.86. The van der Waals surface area contributed by atoms with Gasteiger partial charge in [0, 0.05) is 26.7 Å². The van der Waals surface area contributed by atoms with Crippen molar-refractivity contribution in [1.29, 1.82) is 0 Å². The Morgan fingerprint density at radius 2 is 1.11 bits per heavy atom. The molecule has 0 saturated carbocycles. The fourth-order valence-electron chi connectivity index (χ4n) is 5.94. The quantitative estimate of drug-likeness (QED) is 0.207. The van der Waals surface area contributed by atoms with Crippen LogP contribution >= 0.6 is 7.14 Å². The van der Waals surface area contributed by atoms with Gasteiger partial charge in [-0.25, -0.2) is 4.98 Å². The highest BCUT2D eigenvalue weighted by atomic mass is 31.2. The van der Waals surface area contributed by atoms with Gasteiger partial charge >= 0.3 is 0 Å². The van der Waals surface area contributed by atoms with Gasteiger partial charge in [0.15, 0.2) is 7.14 Å². The maximum absolute atomic E-state index is 15.4. The Hall–Kier alpha value is -4.20. The highest BCUT2D eigenvalue weighted by Gasteiger charge is 2.41. The van der Waals surface area contributed by atoms with Gasteiger partial charge in [-0.15, -0.1) is 0 Å². The molecule has 0 saturated heterocycles. The summed E-state index contributed by atoms with van der Waals surface area (Å²) in [6.07, 6.45) is 0. The second-order valence-electron chi connectivity index (χ2n) is 9.12. The van der Waals surface area contributed by atoms with Gasteiger partial charge in [0.2, 0.25) is 0 Å². The van der Waals surface area contributed by atoms with Crippen LogP contribution in [-0.2, 0) is 4.57 Å². The van der Waals surface area contributed by atoms with Crippen LogP contribution in [0.3, 0.4) is 0 Å². The Morgan fingerprint density at radius 3 is 1.89 bits per heavy atom. The molecule has 0 fully saturated rings. The van der Waals surface area contributed by atoms with E-state index < -0.39 is 7.14 Å². The molecule has 0 radical (unpaired) electrons. The number of nitrogens with zero attached hydrogens (tertiary/aromatic N) is 2. The zero-order valence-electron chi connectivity index (χ0n) is 18.7. The predicted molar refractivity (Wildman–Crippen MR) is 146 cm³/mol. The summed E-state index contributed by atoms with van der Waals surface area (Å²) in [5.41, 5.74) is 6.08. The first-order chi connectivity index (χ1) is 17.3. The number of aromatic nitrogens is 2. The van der Waals surface area contributed by atoms with E-state index >= 15 is 4.57 Å². The maximum atomic E-state index is 15.4. The van der Waals surface area contributed by atoms with Crippen LogP contribution in [0.25, 0.3) is 49.5 Å². The largest absolute Gasteiger partial charge is 0.309 e. The standard InChI is InChI=1S/C31H19N2OP/c34-35(27-17-7-2-11-21(27)22-12-3-8-18-28(22)35)29-19-9-13-23-20-10-1-5-15-25(20)33-26-16-6-4-14-24(26)32-31(33)30(23)29/h1-19H. The van der Waals surface area contributed by atoms with Gasteiger partial charge in [0.05, 0.1) is 16.6 Å². The minimum Gasteiger partial charge on any atom is -0.309 e. The lowest BCUT2D eigenvalue weighted by molar-refractivity contribution is 0.593. The summed E-state index contributed by atoms with van der Waals surface area (Å²) < 4.78 is 17.7. The fourth-order valence-corrected chi connectivity index (χ4v) is 9.21. The van der Waals surface area contributed by atoms with Crippen LogP contribution in [-0.4, -0.2) is 9.38 Å². The molecule has 0 amide bonds. The molecule has 35 heavy (non-hydrogen) atoms. The monoisotopic (exact) mass is 466 g/mol. The second kappa shape index (κ2) is 6.69. The third-order valence-corrected chi connectivity index (χ3v) is 10.6. The Balaban J connectivity index is 1.64. The summed E-state index contributed by atoms with van der Waals surface area (Å²) in [6, 6.07) is 39.2. The normalized spacial score (nSPS) is 14.1. The molecule has 0 aliphatic carbocycles. The third-order valence-electron chi connectivity index (χ3n) is 7.38. The molecular formula is C31H19N2OP. The molecule has 1 aliphatic rings. The summed E-state index contributed by atoms with van der Waals surface area (Å²) in [7, 11) is -3.13. The fraction of sp³-hybridized carbons (Fsp3) is 0. The molecule has 1 aliphatic heterocycles. The van der Waals surface area contributed by atoms with Crippen molar-refractivity contribution in [2.45, 2.75) is 0 Å². The van der Waals surface area contributed by atoms with Crippen molar-refractivity contribution in [2.75, 3.05) is 0 Å².